The summed E-state index contributed by atoms with van der Waals surface area (Å²) in [5, 5.41) is 16.8. The fourth-order valence-electron chi connectivity index (χ4n) is 4.66. The monoisotopic (exact) mass is 461 g/mol. The Kier molecular flexibility index (Phi) is 6.04. The molecule has 34 heavy (non-hydrogen) atoms. The fraction of sp³-hybridized carbons (Fsp3) is 0.375. The second kappa shape index (κ2) is 9.29. The van der Waals surface area contributed by atoms with E-state index in [0.29, 0.717) is 37.6 Å². The van der Waals surface area contributed by atoms with E-state index in [4.69, 9.17) is 4.74 Å². The Morgan fingerprint density at radius 2 is 2.03 bits per heavy atom. The van der Waals surface area contributed by atoms with Crippen LogP contribution in [0.5, 0.6) is 0 Å². The van der Waals surface area contributed by atoms with Gasteiger partial charge in [0.05, 0.1) is 30.7 Å². The minimum absolute atomic E-state index is 0.0636. The highest BCUT2D eigenvalue weighted by atomic mass is 19.1. The Hall–Kier alpha value is -3.68. The molecule has 1 aromatic carbocycles. The molecule has 2 saturated heterocycles. The number of halogens is 1. The summed E-state index contributed by atoms with van der Waals surface area (Å²) in [6.07, 6.45) is 4.92. The number of benzene rings is 1. The fourth-order valence-corrected chi connectivity index (χ4v) is 4.66. The Morgan fingerprint density at radius 3 is 2.76 bits per heavy atom. The predicted molar refractivity (Wildman–Crippen MR) is 119 cm³/mol. The molecule has 2 aliphatic rings. The Balaban J connectivity index is 1.19. The second-order valence-corrected chi connectivity index (χ2v) is 8.63. The lowest BCUT2D eigenvalue weighted by Crippen LogP contribution is -2.59. The van der Waals surface area contributed by atoms with E-state index in [0.717, 1.165) is 17.7 Å². The average molecular weight is 462 g/mol. The Labute approximate surface area is 196 Å². The number of amides is 1. The summed E-state index contributed by atoms with van der Waals surface area (Å²) in [7, 11) is 0. The first kappa shape index (κ1) is 22.1. The molecular formula is C24H24FN7O2. The zero-order valence-corrected chi connectivity index (χ0v) is 18.8. The van der Waals surface area contributed by atoms with Crippen molar-refractivity contribution in [3.63, 3.8) is 0 Å². The van der Waals surface area contributed by atoms with E-state index >= 15 is 0 Å². The lowest BCUT2D eigenvalue weighted by atomic mass is 9.96. The van der Waals surface area contributed by atoms with Gasteiger partial charge in [-0.15, -0.1) is 10.2 Å². The van der Waals surface area contributed by atoms with Crippen LogP contribution in [0.15, 0.2) is 43.1 Å². The minimum atomic E-state index is -0.506. The van der Waals surface area contributed by atoms with Gasteiger partial charge in [0, 0.05) is 32.4 Å². The van der Waals surface area contributed by atoms with E-state index in [9.17, 15) is 14.4 Å². The number of hydrogen-bond donors (Lipinski definition) is 0. The number of hydrogen-bond acceptors (Lipinski definition) is 7. The van der Waals surface area contributed by atoms with Crippen LogP contribution < -0.4 is 0 Å². The molecule has 2 aromatic heterocycles. The smallest absolute Gasteiger partial charge is 0.227 e. The molecule has 0 saturated carbocycles. The minimum Gasteiger partial charge on any atom is -0.370 e. The zero-order valence-electron chi connectivity index (χ0n) is 18.8. The molecule has 174 valence electrons. The summed E-state index contributed by atoms with van der Waals surface area (Å²) in [6, 6.07) is 8.84. The van der Waals surface area contributed by atoms with E-state index in [1.807, 2.05) is 23.1 Å². The number of nitriles is 1. The van der Waals surface area contributed by atoms with Gasteiger partial charge in [-0.2, -0.15) is 5.26 Å². The molecule has 2 atom stereocenters. The largest absolute Gasteiger partial charge is 0.370 e. The molecule has 0 radical (unpaired) electrons. The normalized spacial score (nSPS) is 20.6. The van der Waals surface area contributed by atoms with Crippen LogP contribution in [-0.4, -0.2) is 74.3 Å². The van der Waals surface area contributed by atoms with Crippen molar-refractivity contribution in [3.05, 3.63) is 71.2 Å². The molecular weight excluding hydrogens is 437 g/mol. The SMILES string of the molecule is Cc1c([C@@H]2CN3CCN(C(=O)Cc4ccc(-n5cnnc5)nc4)C[C@@H]3CO2)ccc(F)c1C#N. The third-order valence-corrected chi connectivity index (χ3v) is 6.61. The van der Waals surface area contributed by atoms with Crippen molar-refractivity contribution in [3.8, 4) is 11.9 Å². The van der Waals surface area contributed by atoms with Gasteiger partial charge in [-0.1, -0.05) is 12.1 Å². The van der Waals surface area contributed by atoms with Crippen molar-refractivity contribution >= 4 is 5.91 Å². The van der Waals surface area contributed by atoms with Crippen molar-refractivity contribution in [2.45, 2.75) is 25.5 Å². The maximum Gasteiger partial charge on any atom is 0.227 e. The van der Waals surface area contributed by atoms with Gasteiger partial charge in [0.2, 0.25) is 5.91 Å². The van der Waals surface area contributed by atoms with Gasteiger partial charge in [-0.25, -0.2) is 9.37 Å². The molecule has 2 aliphatic heterocycles. The third kappa shape index (κ3) is 4.27. The highest BCUT2D eigenvalue weighted by Gasteiger charge is 2.36. The maximum absolute atomic E-state index is 13.9. The Bertz CT molecular complexity index is 1220. The molecule has 0 unspecified atom stereocenters. The van der Waals surface area contributed by atoms with Crippen LogP contribution in [0.4, 0.5) is 4.39 Å². The number of carbonyl (C=O) groups is 1. The van der Waals surface area contributed by atoms with Crippen LogP contribution in [0.1, 0.15) is 28.4 Å². The van der Waals surface area contributed by atoms with E-state index < -0.39 is 5.82 Å². The van der Waals surface area contributed by atoms with Crippen molar-refractivity contribution in [2.75, 3.05) is 32.8 Å². The summed E-state index contributed by atoms with van der Waals surface area (Å²) >= 11 is 0. The first-order chi connectivity index (χ1) is 16.5. The van der Waals surface area contributed by atoms with E-state index in [1.165, 1.54) is 6.07 Å². The quantitative estimate of drug-likeness (QED) is 0.584. The van der Waals surface area contributed by atoms with Crippen LogP contribution in [-0.2, 0) is 16.0 Å². The molecule has 0 aliphatic carbocycles. The van der Waals surface area contributed by atoms with Gasteiger partial charge in [-0.05, 0) is 35.7 Å². The number of carbonyl (C=O) groups excluding carboxylic acids is 1. The summed E-state index contributed by atoms with van der Waals surface area (Å²) in [5.74, 6) is 0.254. The average Bonchev–Trinajstić information content (AvgIpc) is 3.39. The standard InChI is InChI=1S/C24H24FN7O2/c1-16-19(3-4-21(25)20(16)9-26)22-12-30-6-7-31(11-18(30)13-34-22)24(33)8-17-2-5-23(27-10-17)32-14-28-29-15-32/h2-5,10,14-15,18,22H,6-8,11-13H2,1H3/t18-,22+/m1/s1. The van der Waals surface area contributed by atoms with Gasteiger partial charge in [0.1, 0.15) is 30.4 Å². The molecule has 5 rings (SSSR count). The van der Waals surface area contributed by atoms with Gasteiger partial charge in [0.15, 0.2) is 0 Å². The van der Waals surface area contributed by atoms with Crippen LogP contribution in [0.3, 0.4) is 0 Å². The van der Waals surface area contributed by atoms with Crippen molar-refractivity contribution in [1.82, 2.24) is 29.5 Å². The van der Waals surface area contributed by atoms with Crippen LogP contribution in [0.25, 0.3) is 5.82 Å². The highest BCUT2D eigenvalue weighted by molar-refractivity contribution is 5.79. The number of ether oxygens (including phenoxy) is 1. The molecule has 0 spiro atoms. The summed E-state index contributed by atoms with van der Waals surface area (Å²) in [4.78, 5) is 21.5. The van der Waals surface area contributed by atoms with Gasteiger partial charge in [0.25, 0.3) is 0 Å². The van der Waals surface area contributed by atoms with E-state index in [2.05, 4.69) is 20.1 Å². The summed E-state index contributed by atoms with van der Waals surface area (Å²) in [6.45, 7) is 4.87. The number of rotatable bonds is 4. The highest BCUT2D eigenvalue weighted by Crippen LogP contribution is 2.31. The third-order valence-electron chi connectivity index (χ3n) is 6.61. The van der Waals surface area contributed by atoms with Crippen LogP contribution in [0, 0.1) is 24.1 Å². The van der Waals surface area contributed by atoms with Crippen LogP contribution >= 0.6 is 0 Å². The lowest BCUT2D eigenvalue weighted by Gasteiger charge is -2.46. The van der Waals surface area contributed by atoms with Gasteiger partial charge >= 0.3 is 0 Å². The number of aromatic nitrogens is 4. The van der Waals surface area contributed by atoms with Crippen molar-refractivity contribution in [1.29, 1.82) is 5.26 Å². The second-order valence-electron chi connectivity index (χ2n) is 8.63. The molecule has 1 amide bonds. The number of pyridine rings is 1. The number of fused-ring (bicyclic) bond motifs is 1. The molecule has 10 heteroatoms. The number of piperazine rings is 1. The summed E-state index contributed by atoms with van der Waals surface area (Å²) in [5.41, 5.74) is 2.40. The molecule has 3 aromatic rings. The first-order valence-corrected chi connectivity index (χ1v) is 11.2. The first-order valence-electron chi connectivity index (χ1n) is 11.2. The van der Waals surface area contributed by atoms with E-state index in [-0.39, 0.29) is 30.0 Å². The molecule has 2 fully saturated rings. The molecule has 4 heterocycles. The van der Waals surface area contributed by atoms with Gasteiger partial charge < -0.3 is 9.64 Å². The van der Waals surface area contributed by atoms with Gasteiger partial charge in [-0.3, -0.25) is 14.3 Å². The number of nitrogens with zero attached hydrogens (tertiary/aromatic N) is 7. The lowest BCUT2D eigenvalue weighted by molar-refractivity contribution is -0.139. The molecule has 0 bridgehead atoms. The zero-order chi connectivity index (χ0) is 23.7. The predicted octanol–water partition coefficient (Wildman–Crippen LogP) is 1.81. The van der Waals surface area contributed by atoms with Crippen molar-refractivity contribution < 1.29 is 13.9 Å². The molecule has 9 nitrogen and oxygen atoms in total. The topological polar surface area (TPSA) is 100 Å². The number of morpholine rings is 1. The Morgan fingerprint density at radius 1 is 1.21 bits per heavy atom. The van der Waals surface area contributed by atoms with Crippen molar-refractivity contribution in [2.24, 2.45) is 0 Å². The summed E-state index contributed by atoms with van der Waals surface area (Å²) < 4.78 is 21.7. The maximum atomic E-state index is 13.9. The van der Waals surface area contributed by atoms with E-state index in [1.54, 1.807) is 36.4 Å². The van der Waals surface area contributed by atoms with Crippen LogP contribution in [0.2, 0.25) is 0 Å². The molecule has 0 N–H and O–H groups in total.